The van der Waals surface area contributed by atoms with Crippen LogP contribution in [-0.4, -0.2) is 10.9 Å². The molecule has 1 aromatic heterocycles. The number of aromatic nitrogens is 1. The summed E-state index contributed by atoms with van der Waals surface area (Å²) in [4.78, 5) is 17.3. The molecule has 0 radical (unpaired) electrons. The maximum atomic E-state index is 13.2. The lowest BCUT2D eigenvalue weighted by atomic mass is 10.1. The van der Waals surface area contributed by atoms with Crippen molar-refractivity contribution >= 4 is 22.4 Å². The predicted molar refractivity (Wildman–Crippen MR) is 90.5 cm³/mol. The van der Waals surface area contributed by atoms with Gasteiger partial charge in [-0.15, -0.1) is 11.3 Å². The van der Waals surface area contributed by atoms with Gasteiger partial charge in [0.05, 0.1) is 0 Å². The zero-order chi connectivity index (χ0) is 16.2. The van der Waals surface area contributed by atoms with Crippen LogP contribution in [0.3, 0.4) is 0 Å². The summed E-state index contributed by atoms with van der Waals surface area (Å²) in [6.45, 7) is 1.97. The Bertz CT molecular complexity index is 827. The van der Waals surface area contributed by atoms with Crippen LogP contribution >= 0.6 is 11.3 Å². The van der Waals surface area contributed by atoms with Gasteiger partial charge in [-0.1, -0.05) is 29.8 Å². The second-order valence-electron chi connectivity index (χ2n) is 5.26. The lowest BCUT2D eigenvalue weighted by molar-refractivity contribution is 0.102. The van der Waals surface area contributed by atoms with Crippen LogP contribution < -0.4 is 5.32 Å². The van der Waals surface area contributed by atoms with Crippen LogP contribution in [0.15, 0.2) is 54.7 Å². The SMILES string of the molecule is Cc1ccc(C(=O)Nc2ncc(Cc3cccc(F)c3)s2)cc1. The number of nitrogens with one attached hydrogen (secondary N) is 1. The first-order valence-electron chi connectivity index (χ1n) is 7.17. The highest BCUT2D eigenvalue weighted by Gasteiger charge is 2.09. The molecule has 0 bridgehead atoms. The highest BCUT2D eigenvalue weighted by molar-refractivity contribution is 7.15. The molecule has 1 amide bonds. The topological polar surface area (TPSA) is 42.0 Å². The Morgan fingerprint density at radius 3 is 2.74 bits per heavy atom. The van der Waals surface area contributed by atoms with Gasteiger partial charge in [0.2, 0.25) is 0 Å². The minimum atomic E-state index is -0.250. The number of thiazole rings is 1. The van der Waals surface area contributed by atoms with Gasteiger partial charge in [-0.2, -0.15) is 0 Å². The summed E-state index contributed by atoms with van der Waals surface area (Å²) >= 11 is 1.39. The Labute approximate surface area is 137 Å². The Morgan fingerprint density at radius 2 is 2.00 bits per heavy atom. The maximum absolute atomic E-state index is 13.2. The second-order valence-corrected chi connectivity index (χ2v) is 6.37. The fourth-order valence-corrected chi connectivity index (χ4v) is 3.01. The van der Waals surface area contributed by atoms with E-state index in [2.05, 4.69) is 10.3 Å². The quantitative estimate of drug-likeness (QED) is 0.770. The number of halogens is 1. The number of carbonyl (C=O) groups excluding carboxylic acids is 1. The lowest BCUT2D eigenvalue weighted by Gasteiger charge is -2.02. The molecule has 1 N–H and O–H groups in total. The van der Waals surface area contributed by atoms with E-state index in [-0.39, 0.29) is 11.7 Å². The molecular formula is C18H15FN2OS. The summed E-state index contributed by atoms with van der Waals surface area (Å²) in [5, 5.41) is 3.33. The van der Waals surface area contributed by atoms with Gasteiger partial charge in [-0.05, 0) is 36.8 Å². The highest BCUT2D eigenvalue weighted by Crippen LogP contribution is 2.22. The molecule has 0 aliphatic carbocycles. The van der Waals surface area contributed by atoms with Gasteiger partial charge in [0.15, 0.2) is 5.13 Å². The molecule has 1 heterocycles. The number of nitrogens with zero attached hydrogens (tertiary/aromatic N) is 1. The van der Waals surface area contributed by atoms with E-state index in [1.54, 1.807) is 24.4 Å². The van der Waals surface area contributed by atoms with Crippen molar-refractivity contribution in [2.75, 3.05) is 5.32 Å². The van der Waals surface area contributed by atoms with E-state index in [1.165, 1.54) is 23.5 Å². The molecule has 23 heavy (non-hydrogen) atoms. The zero-order valence-electron chi connectivity index (χ0n) is 12.5. The van der Waals surface area contributed by atoms with Gasteiger partial charge in [0, 0.05) is 23.1 Å². The third-order valence-electron chi connectivity index (χ3n) is 3.36. The molecule has 0 aliphatic rings. The average molecular weight is 326 g/mol. The Hall–Kier alpha value is -2.53. The van der Waals surface area contributed by atoms with Crippen molar-refractivity contribution in [3.05, 3.63) is 82.1 Å². The third-order valence-corrected chi connectivity index (χ3v) is 4.27. The number of benzene rings is 2. The number of anilines is 1. The molecule has 0 saturated carbocycles. The van der Waals surface area contributed by atoms with E-state index in [0.717, 1.165) is 16.0 Å². The van der Waals surface area contributed by atoms with Crippen molar-refractivity contribution in [3.8, 4) is 0 Å². The maximum Gasteiger partial charge on any atom is 0.257 e. The molecule has 3 aromatic rings. The average Bonchev–Trinajstić information content (AvgIpc) is 2.95. The Kier molecular flexibility index (Phi) is 4.48. The van der Waals surface area contributed by atoms with E-state index >= 15 is 0 Å². The van der Waals surface area contributed by atoms with Crippen molar-refractivity contribution < 1.29 is 9.18 Å². The number of amides is 1. The van der Waals surface area contributed by atoms with Crippen molar-refractivity contribution in [1.29, 1.82) is 0 Å². The van der Waals surface area contributed by atoms with Crippen molar-refractivity contribution in [2.24, 2.45) is 0 Å². The fraction of sp³-hybridized carbons (Fsp3) is 0.111. The molecule has 0 fully saturated rings. The summed E-state index contributed by atoms with van der Waals surface area (Å²) in [5.74, 6) is -0.434. The van der Waals surface area contributed by atoms with Gasteiger partial charge >= 0.3 is 0 Å². The first-order chi connectivity index (χ1) is 11.1. The lowest BCUT2D eigenvalue weighted by Crippen LogP contribution is -2.11. The van der Waals surface area contributed by atoms with Crippen LogP contribution in [0, 0.1) is 12.7 Å². The van der Waals surface area contributed by atoms with E-state index in [0.29, 0.717) is 17.1 Å². The van der Waals surface area contributed by atoms with Gasteiger partial charge < -0.3 is 0 Å². The molecule has 2 aromatic carbocycles. The fourth-order valence-electron chi connectivity index (χ4n) is 2.17. The predicted octanol–water partition coefficient (Wildman–Crippen LogP) is 4.43. The number of carbonyl (C=O) groups is 1. The van der Waals surface area contributed by atoms with Gasteiger partial charge in [0.25, 0.3) is 5.91 Å². The smallest absolute Gasteiger partial charge is 0.257 e. The van der Waals surface area contributed by atoms with Crippen LogP contribution in [-0.2, 0) is 6.42 Å². The van der Waals surface area contributed by atoms with Crippen molar-refractivity contribution in [1.82, 2.24) is 4.98 Å². The largest absolute Gasteiger partial charge is 0.298 e. The van der Waals surface area contributed by atoms with Gasteiger partial charge in [-0.25, -0.2) is 9.37 Å². The van der Waals surface area contributed by atoms with E-state index in [4.69, 9.17) is 0 Å². The minimum Gasteiger partial charge on any atom is -0.298 e. The van der Waals surface area contributed by atoms with Crippen LogP contribution in [0.5, 0.6) is 0 Å². The molecular weight excluding hydrogens is 311 g/mol. The molecule has 0 atom stereocenters. The van der Waals surface area contributed by atoms with Crippen LogP contribution in [0.2, 0.25) is 0 Å². The first-order valence-corrected chi connectivity index (χ1v) is 7.99. The molecule has 0 unspecified atom stereocenters. The van der Waals surface area contributed by atoms with E-state index in [1.807, 2.05) is 25.1 Å². The highest BCUT2D eigenvalue weighted by atomic mass is 32.1. The molecule has 0 saturated heterocycles. The standard InChI is InChI=1S/C18H15FN2OS/c1-12-5-7-14(8-6-12)17(22)21-18-20-11-16(23-18)10-13-3-2-4-15(19)9-13/h2-9,11H,10H2,1H3,(H,20,21,22). The Morgan fingerprint density at radius 1 is 1.22 bits per heavy atom. The van der Waals surface area contributed by atoms with Gasteiger partial charge in [-0.3, -0.25) is 10.1 Å². The number of hydrogen-bond donors (Lipinski definition) is 1. The number of aryl methyl sites for hydroxylation is 1. The summed E-state index contributed by atoms with van der Waals surface area (Å²) in [7, 11) is 0. The molecule has 3 rings (SSSR count). The van der Waals surface area contributed by atoms with Crippen molar-refractivity contribution in [3.63, 3.8) is 0 Å². The normalized spacial score (nSPS) is 10.5. The molecule has 0 aliphatic heterocycles. The molecule has 3 nitrogen and oxygen atoms in total. The number of hydrogen-bond acceptors (Lipinski definition) is 3. The molecule has 0 spiro atoms. The van der Waals surface area contributed by atoms with Crippen LogP contribution in [0.4, 0.5) is 9.52 Å². The third kappa shape index (κ3) is 4.02. The van der Waals surface area contributed by atoms with E-state index in [9.17, 15) is 9.18 Å². The molecule has 116 valence electrons. The summed E-state index contributed by atoms with van der Waals surface area (Å²) in [6.07, 6.45) is 2.30. The Balaban J connectivity index is 1.67. The summed E-state index contributed by atoms with van der Waals surface area (Å²) in [5.41, 5.74) is 2.58. The van der Waals surface area contributed by atoms with Gasteiger partial charge in [0.1, 0.15) is 5.82 Å². The second kappa shape index (κ2) is 6.71. The molecule has 5 heteroatoms. The summed E-state index contributed by atoms with van der Waals surface area (Å²) < 4.78 is 13.2. The van der Waals surface area contributed by atoms with Crippen LogP contribution in [0.25, 0.3) is 0 Å². The number of rotatable bonds is 4. The zero-order valence-corrected chi connectivity index (χ0v) is 13.4. The summed E-state index contributed by atoms with van der Waals surface area (Å²) in [6, 6.07) is 13.8. The van der Waals surface area contributed by atoms with Crippen LogP contribution in [0.1, 0.15) is 26.4 Å². The monoisotopic (exact) mass is 326 g/mol. The first kappa shape index (κ1) is 15.4. The van der Waals surface area contributed by atoms with Crippen molar-refractivity contribution in [2.45, 2.75) is 13.3 Å². The van der Waals surface area contributed by atoms with E-state index < -0.39 is 0 Å². The minimum absolute atomic E-state index is 0.184.